The van der Waals surface area contributed by atoms with Gasteiger partial charge in [-0.1, -0.05) is 255 Å². The highest BCUT2D eigenvalue weighted by molar-refractivity contribution is 7.20. The summed E-state index contributed by atoms with van der Waals surface area (Å²) in [6, 6.07) is 120. The average molecular weight is 1060 g/mol. The summed E-state index contributed by atoms with van der Waals surface area (Å²) in [5, 5.41) is 12.7. The Bertz CT molecular complexity index is 4900. The Labute approximate surface area is 477 Å². The summed E-state index contributed by atoms with van der Waals surface area (Å²) in [7, 11) is -3.05. The first-order valence-electron chi connectivity index (χ1n) is 28.3. The van der Waals surface area contributed by atoms with E-state index in [2.05, 4.69) is 335 Å². The van der Waals surface area contributed by atoms with Gasteiger partial charge >= 0.3 is 0 Å². The second kappa shape index (κ2) is 19.4. The fourth-order valence-corrected chi connectivity index (χ4v) is 18.3. The molecule has 82 heavy (non-hydrogen) atoms. The lowest BCUT2D eigenvalue weighted by Crippen LogP contribution is -2.74. The van der Waals surface area contributed by atoms with Crippen LogP contribution in [0.4, 0.5) is 0 Å². The van der Waals surface area contributed by atoms with Crippen LogP contribution in [0.5, 0.6) is 0 Å². The van der Waals surface area contributed by atoms with Gasteiger partial charge in [0.05, 0.1) is 33.1 Å². The Balaban J connectivity index is 0.927. The molecule has 0 aliphatic heterocycles. The second-order valence-electron chi connectivity index (χ2n) is 21.6. The van der Waals surface area contributed by atoms with Crippen LogP contribution in [0.1, 0.15) is 0 Å². The molecule has 3 nitrogen and oxygen atoms in total. The summed E-state index contributed by atoms with van der Waals surface area (Å²) in [5.41, 5.74) is 17.5. The number of nitrogens with zero attached hydrogens (tertiary/aromatic N) is 3. The van der Waals surface area contributed by atoms with E-state index in [4.69, 9.17) is 0 Å². The predicted octanol–water partition coefficient (Wildman–Crippen LogP) is 17.4. The van der Waals surface area contributed by atoms with Crippen LogP contribution in [0.25, 0.3) is 116 Å². The minimum Gasteiger partial charge on any atom is -0.309 e. The maximum Gasteiger partial charge on any atom is 0.179 e. The zero-order valence-corrected chi connectivity index (χ0v) is 45.9. The molecule has 0 radical (unpaired) electrons. The van der Waals surface area contributed by atoms with Crippen LogP contribution in [-0.2, 0) is 0 Å². The number of hydrogen-bond donors (Lipinski definition) is 0. The Morgan fingerprint density at radius 1 is 0.171 bits per heavy atom. The highest BCUT2D eigenvalue weighted by atomic mass is 28.3. The molecule has 0 atom stereocenters. The van der Waals surface area contributed by atoms with Crippen molar-refractivity contribution in [2.45, 2.75) is 0 Å². The molecule has 0 amide bonds. The third-order valence-electron chi connectivity index (χ3n) is 17.2. The van der Waals surface area contributed by atoms with E-state index in [1.54, 1.807) is 0 Å². The first kappa shape index (κ1) is 47.5. The van der Waals surface area contributed by atoms with Gasteiger partial charge < -0.3 is 13.7 Å². The van der Waals surface area contributed by atoms with Gasteiger partial charge in [-0.25, -0.2) is 0 Å². The summed E-state index contributed by atoms with van der Waals surface area (Å²) in [6.07, 6.45) is 0. The van der Waals surface area contributed by atoms with Gasteiger partial charge in [0.25, 0.3) is 0 Å². The van der Waals surface area contributed by atoms with Gasteiger partial charge in [-0.05, 0) is 121 Å². The van der Waals surface area contributed by atoms with E-state index < -0.39 is 8.07 Å². The number of para-hydroxylation sites is 5. The summed E-state index contributed by atoms with van der Waals surface area (Å²) in [4.78, 5) is 0. The lowest BCUT2D eigenvalue weighted by Gasteiger charge is -2.35. The van der Waals surface area contributed by atoms with E-state index in [9.17, 15) is 0 Å². The minimum atomic E-state index is -3.05. The quantitative estimate of drug-likeness (QED) is 0.0958. The second-order valence-corrected chi connectivity index (χ2v) is 25.4. The van der Waals surface area contributed by atoms with Crippen LogP contribution in [-0.4, -0.2) is 21.8 Å². The number of fused-ring (bicyclic) bond motifs is 9. The molecular formula is C78H53N3Si. The van der Waals surface area contributed by atoms with Crippen molar-refractivity contribution >= 4 is 94.2 Å². The fourth-order valence-electron chi connectivity index (χ4n) is 13.5. The molecule has 0 fully saturated rings. The molecule has 0 aliphatic rings. The van der Waals surface area contributed by atoms with E-state index in [1.165, 1.54) is 97.4 Å². The van der Waals surface area contributed by atoms with Crippen LogP contribution in [0.15, 0.2) is 322 Å². The van der Waals surface area contributed by atoms with Gasteiger partial charge in [-0.3, -0.25) is 0 Å². The van der Waals surface area contributed by atoms with Crippen LogP contribution in [0.3, 0.4) is 0 Å². The van der Waals surface area contributed by atoms with Crippen molar-refractivity contribution < 1.29 is 0 Å². The Morgan fingerprint density at radius 3 is 0.951 bits per heavy atom. The van der Waals surface area contributed by atoms with E-state index in [1.807, 2.05) is 0 Å². The Morgan fingerprint density at radius 2 is 0.500 bits per heavy atom. The van der Waals surface area contributed by atoms with Gasteiger partial charge in [0, 0.05) is 49.4 Å². The van der Waals surface area contributed by atoms with Gasteiger partial charge in [0.15, 0.2) is 8.07 Å². The smallest absolute Gasteiger partial charge is 0.179 e. The third-order valence-corrected chi connectivity index (χ3v) is 21.9. The van der Waals surface area contributed by atoms with Crippen molar-refractivity contribution in [1.82, 2.24) is 13.7 Å². The number of hydrogen-bond acceptors (Lipinski definition) is 0. The van der Waals surface area contributed by atoms with Crippen LogP contribution in [0, 0.1) is 0 Å². The Hall–Kier alpha value is -10.5. The highest BCUT2D eigenvalue weighted by Crippen LogP contribution is 2.40. The topological polar surface area (TPSA) is 14.8 Å². The van der Waals surface area contributed by atoms with Gasteiger partial charge in [0.2, 0.25) is 0 Å². The number of aromatic nitrogens is 3. The summed E-state index contributed by atoms with van der Waals surface area (Å²) >= 11 is 0. The number of rotatable bonds is 10. The zero-order chi connectivity index (χ0) is 54.1. The molecule has 4 heteroatoms. The Kier molecular flexibility index (Phi) is 11.2. The summed E-state index contributed by atoms with van der Waals surface area (Å²) in [5.74, 6) is 0. The zero-order valence-electron chi connectivity index (χ0n) is 44.9. The van der Waals surface area contributed by atoms with E-state index in [0.717, 1.165) is 39.2 Å². The standard InChI is InChI=1S/C78H53N3Si/c1-4-22-54(23-5-1)57-26-20-30-65(50-57)82(63-28-8-3-9-29-63,66-31-21-27-58(51-66)55-24-6-2-7-25-55)64-45-42-56(43-46-64)59-48-61(80-75-39-17-12-34-69(75)70-35-13-18-40-76(70)80)52-62(49-59)81-77-41-19-14-36-71(77)72-53-60(44-47-78(72)81)79-73-37-15-10-32-67(73)68-33-11-16-38-74(68)79/h1-53H. The van der Waals surface area contributed by atoms with E-state index in [-0.39, 0.29) is 0 Å². The number of benzene rings is 13. The van der Waals surface area contributed by atoms with Crippen LogP contribution >= 0.6 is 0 Å². The first-order chi connectivity index (χ1) is 40.7. The maximum absolute atomic E-state index is 3.05. The molecule has 0 unspecified atom stereocenters. The van der Waals surface area contributed by atoms with E-state index >= 15 is 0 Å². The van der Waals surface area contributed by atoms with Crippen molar-refractivity contribution in [3.05, 3.63) is 322 Å². The SMILES string of the molecule is c1ccc(-c2cccc([Si](c3ccccc3)(c3ccc(-c4cc(-n5c6ccccc6c6ccccc65)cc(-n5c6ccccc6c6cc(-n7c8ccccc8c8ccccc87)ccc65)c4)cc3)c3cccc(-c4ccccc4)c3)c2)cc1. The third kappa shape index (κ3) is 7.57. The summed E-state index contributed by atoms with van der Waals surface area (Å²) in [6.45, 7) is 0. The lowest BCUT2D eigenvalue weighted by molar-refractivity contribution is 1.13. The van der Waals surface area contributed by atoms with Crippen LogP contribution < -0.4 is 20.7 Å². The molecule has 3 aromatic heterocycles. The monoisotopic (exact) mass is 1060 g/mol. The van der Waals surface area contributed by atoms with Crippen LogP contribution in [0.2, 0.25) is 0 Å². The fraction of sp³-hybridized carbons (Fsp3) is 0. The molecular weight excluding hydrogens is 1010 g/mol. The molecule has 0 saturated carbocycles. The molecule has 384 valence electrons. The predicted molar refractivity (Wildman–Crippen MR) is 349 cm³/mol. The van der Waals surface area contributed by atoms with E-state index in [0.29, 0.717) is 0 Å². The van der Waals surface area contributed by atoms with Crippen molar-refractivity contribution in [2.24, 2.45) is 0 Å². The van der Waals surface area contributed by atoms with Crippen molar-refractivity contribution in [2.75, 3.05) is 0 Å². The van der Waals surface area contributed by atoms with Crippen molar-refractivity contribution in [3.63, 3.8) is 0 Å². The average Bonchev–Trinajstić information content (AvgIpc) is 4.26. The molecule has 0 N–H and O–H groups in total. The highest BCUT2D eigenvalue weighted by Gasteiger charge is 2.42. The minimum absolute atomic E-state index is 1.10. The molecule has 0 saturated heterocycles. The molecule has 13 aromatic carbocycles. The molecule has 0 spiro atoms. The maximum atomic E-state index is 2.49. The largest absolute Gasteiger partial charge is 0.309 e. The molecule has 0 aliphatic carbocycles. The lowest BCUT2D eigenvalue weighted by atomic mass is 10.0. The molecule has 16 rings (SSSR count). The normalized spacial score (nSPS) is 11.9. The van der Waals surface area contributed by atoms with Crippen molar-refractivity contribution in [3.8, 4) is 50.4 Å². The van der Waals surface area contributed by atoms with Crippen molar-refractivity contribution in [1.29, 1.82) is 0 Å². The summed E-state index contributed by atoms with van der Waals surface area (Å²) < 4.78 is 7.38. The molecule has 3 heterocycles. The molecule has 0 bridgehead atoms. The van der Waals surface area contributed by atoms with Gasteiger partial charge in [-0.2, -0.15) is 0 Å². The van der Waals surface area contributed by atoms with Gasteiger partial charge in [0.1, 0.15) is 0 Å². The molecule has 16 aromatic rings. The first-order valence-corrected chi connectivity index (χ1v) is 30.3. The van der Waals surface area contributed by atoms with Gasteiger partial charge in [-0.15, -0.1) is 0 Å².